The number of aryl methyl sites for hydroxylation is 1. The van der Waals surface area contributed by atoms with Crippen LogP contribution in [0.3, 0.4) is 0 Å². The summed E-state index contributed by atoms with van der Waals surface area (Å²) in [6, 6.07) is 4.51. The number of amides is 1. The van der Waals surface area contributed by atoms with Crippen molar-refractivity contribution in [2.45, 2.75) is 12.3 Å². The van der Waals surface area contributed by atoms with E-state index in [0.29, 0.717) is 0 Å². The van der Waals surface area contributed by atoms with E-state index in [1.165, 1.54) is 13.1 Å². The molecule has 0 aliphatic carbocycles. The van der Waals surface area contributed by atoms with Crippen molar-refractivity contribution in [1.82, 2.24) is 5.32 Å². The maximum absolute atomic E-state index is 13.3. The second-order valence-electron chi connectivity index (χ2n) is 3.00. The summed E-state index contributed by atoms with van der Waals surface area (Å²) >= 11 is 5.78. The Labute approximate surface area is 87.1 Å². The monoisotopic (exact) mass is 215 g/mol. The Morgan fingerprint density at radius 2 is 2.21 bits per heavy atom. The van der Waals surface area contributed by atoms with Gasteiger partial charge in [-0.3, -0.25) is 4.79 Å². The highest BCUT2D eigenvalue weighted by Crippen LogP contribution is 2.24. The molecule has 0 heterocycles. The van der Waals surface area contributed by atoms with Gasteiger partial charge in [0.1, 0.15) is 11.2 Å². The Morgan fingerprint density at radius 3 is 2.79 bits per heavy atom. The molecule has 14 heavy (non-hydrogen) atoms. The fraction of sp³-hybridized carbons (Fsp3) is 0.300. The first-order chi connectivity index (χ1) is 6.56. The number of likely N-dealkylation sites (N-methyl/N-ethyl adjacent to an activating group) is 1. The standard InChI is InChI=1S/C10H11ClFNO/c1-6-3-4-8(12)7(5-6)9(11)10(14)13-2/h3-5,9H,1-2H3,(H,13,14). The van der Waals surface area contributed by atoms with Gasteiger partial charge in [-0.05, 0) is 13.0 Å². The number of hydrogen-bond acceptors (Lipinski definition) is 1. The van der Waals surface area contributed by atoms with Crippen LogP contribution in [0.25, 0.3) is 0 Å². The number of alkyl halides is 1. The molecule has 4 heteroatoms. The Morgan fingerprint density at radius 1 is 1.57 bits per heavy atom. The molecule has 2 nitrogen and oxygen atoms in total. The van der Waals surface area contributed by atoms with Crippen molar-refractivity contribution < 1.29 is 9.18 Å². The predicted octanol–water partition coefficient (Wildman–Crippen LogP) is 2.16. The summed E-state index contributed by atoms with van der Waals surface area (Å²) in [6.07, 6.45) is 0. The summed E-state index contributed by atoms with van der Waals surface area (Å²) in [5.74, 6) is -0.865. The maximum atomic E-state index is 13.3. The van der Waals surface area contributed by atoms with Crippen LogP contribution in [0.5, 0.6) is 0 Å². The lowest BCUT2D eigenvalue weighted by Gasteiger charge is -2.09. The molecule has 1 aromatic rings. The van der Waals surface area contributed by atoms with Crippen molar-refractivity contribution in [2.75, 3.05) is 7.05 Å². The maximum Gasteiger partial charge on any atom is 0.242 e. The normalized spacial score (nSPS) is 12.3. The van der Waals surface area contributed by atoms with Crippen molar-refractivity contribution in [2.24, 2.45) is 0 Å². The molecule has 1 unspecified atom stereocenters. The molecule has 0 saturated carbocycles. The summed E-state index contributed by atoms with van der Waals surface area (Å²) in [5.41, 5.74) is 1.09. The lowest BCUT2D eigenvalue weighted by atomic mass is 10.1. The van der Waals surface area contributed by atoms with E-state index in [4.69, 9.17) is 11.6 Å². The summed E-state index contributed by atoms with van der Waals surface area (Å²) in [6.45, 7) is 1.82. The smallest absolute Gasteiger partial charge is 0.242 e. The largest absolute Gasteiger partial charge is 0.358 e. The first-order valence-electron chi connectivity index (χ1n) is 4.18. The highest BCUT2D eigenvalue weighted by molar-refractivity contribution is 6.30. The summed E-state index contributed by atoms with van der Waals surface area (Å²) in [5, 5.41) is 1.40. The molecule has 1 amide bonds. The van der Waals surface area contributed by atoms with Gasteiger partial charge >= 0.3 is 0 Å². The van der Waals surface area contributed by atoms with Gasteiger partial charge in [-0.25, -0.2) is 4.39 Å². The number of halogens is 2. The molecule has 0 radical (unpaired) electrons. The van der Waals surface area contributed by atoms with E-state index in [0.717, 1.165) is 5.56 Å². The first-order valence-corrected chi connectivity index (χ1v) is 4.61. The van der Waals surface area contributed by atoms with E-state index < -0.39 is 17.1 Å². The zero-order chi connectivity index (χ0) is 10.7. The van der Waals surface area contributed by atoms with E-state index in [1.54, 1.807) is 12.1 Å². The average Bonchev–Trinajstić information content (AvgIpc) is 2.19. The first kappa shape index (κ1) is 11.0. The summed E-state index contributed by atoms with van der Waals surface area (Å²) in [7, 11) is 1.46. The predicted molar refractivity (Wildman–Crippen MR) is 53.8 cm³/mol. The van der Waals surface area contributed by atoms with Crippen LogP contribution in [0, 0.1) is 12.7 Å². The van der Waals surface area contributed by atoms with Crippen molar-refractivity contribution in [3.63, 3.8) is 0 Å². The van der Waals surface area contributed by atoms with Crippen molar-refractivity contribution in [3.05, 3.63) is 35.1 Å². The molecule has 76 valence electrons. The van der Waals surface area contributed by atoms with Crippen molar-refractivity contribution >= 4 is 17.5 Å². The third-order valence-corrected chi connectivity index (χ3v) is 2.33. The van der Waals surface area contributed by atoms with Crippen LogP contribution >= 0.6 is 11.6 Å². The fourth-order valence-electron chi connectivity index (χ4n) is 1.13. The molecule has 0 saturated heterocycles. The van der Waals surface area contributed by atoms with E-state index in [-0.39, 0.29) is 5.56 Å². The van der Waals surface area contributed by atoms with Gasteiger partial charge in [-0.2, -0.15) is 0 Å². The molecular formula is C10H11ClFNO. The molecule has 0 aliphatic rings. The van der Waals surface area contributed by atoms with Crippen LogP contribution in [0.15, 0.2) is 18.2 Å². The Hall–Kier alpha value is -1.09. The lowest BCUT2D eigenvalue weighted by Crippen LogP contribution is -2.23. The molecule has 1 atom stereocenters. The molecule has 0 fully saturated rings. The Kier molecular flexibility index (Phi) is 3.47. The third-order valence-electron chi connectivity index (χ3n) is 1.90. The van der Waals surface area contributed by atoms with Gasteiger partial charge in [0.15, 0.2) is 0 Å². The Balaban J connectivity index is 3.05. The molecule has 0 bridgehead atoms. The van der Waals surface area contributed by atoms with E-state index >= 15 is 0 Å². The molecule has 0 aromatic heterocycles. The van der Waals surface area contributed by atoms with Crippen LogP contribution < -0.4 is 5.32 Å². The quantitative estimate of drug-likeness (QED) is 0.753. The molecule has 1 N–H and O–H groups in total. The van der Waals surface area contributed by atoms with Crippen molar-refractivity contribution in [3.8, 4) is 0 Å². The van der Waals surface area contributed by atoms with Crippen LogP contribution in [0.1, 0.15) is 16.5 Å². The average molecular weight is 216 g/mol. The van der Waals surface area contributed by atoms with Gasteiger partial charge in [-0.1, -0.05) is 17.7 Å². The van der Waals surface area contributed by atoms with Gasteiger partial charge in [0.25, 0.3) is 0 Å². The van der Waals surface area contributed by atoms with Gasteiger partial charge < -0.3 is 5.32 Å². The van der Waals surface area contributed by atoms with Crippen LogP contribution in [0.2, 0.25) is 0 Å². The topological polar surface area (TPSA) is 29.1 Å². The SMILES string of the molecule is CNC(=O)C(Cl)c1cc(C)ccc1F. The zero-order valence-electron chi connectivity index (χ0n) is 7.97. The van der Waals surface area contributed by atoms with Crippen LogP contribution in [0.4, 0.5) is 4.39 Å². The lowest BCUT2D eigenvalue weighted by molar-refractivity contribution is -0.120. The molecular weight excluding hydrogens is 205 g/mol. The fourth-order valence-corrected chi connectivity index (χ4v) is 1.40. The highest BCUT2D eigenvalue weighted by atomic mass is 35.5. The minimum absolute atomic E-state index is 0.214. The van der Waals surface area contributed by atoms with Crippen LogP contribution in [-0.2, 0) is 4.79 Å². The van der Waals surface area contributed by atoms with E-state index in [2.05, 4.69) is 5.32 Å². The number of nitrogens with one attached hydrogen (secondary N) is 1. The number of carbonyl (C=O) groups is 1. The third kappa shape index (κ3) is 2.23. The van der Waals surface area contributed by atoms with Gasteiger partial charge in [0.05, 0.1) is 0 Å². The molecule has 1 rings (SSSR count). The number of benzene rings is 1. The zero-order valence-corrected chi connectivity index (χ0v) is 8.73. The minimum Gasteiger partial charge on any atom is -0.358 e. The second kappa shape index (κ2) is 4.42. The molecule has 0 aliphatic heterocycles. The van der Waals surface area contributed by atoms with Gasteiger partial charge in [0, 0.05) is 12.6 Å². The summed E-state index contributed by atoms with van der Waals surface area (Å²) < 4.78 is 13.3. The Bertz CT molecular complexity index is 354. The number of rotatable bonds is 2. The highest BCUT2D eigenvalue weighted by Gasteiger charge is 2.19. The van der Waals surface area contributed by atoms with E-state index in [9.17, 15) is 9.18 Å². The van der Waals surface area contributed by atoms with Gasteiger partial charge in [-0.15, -0.1) is 11.6 Å². The van der Waals surface area contributed by atoms with Gasteiger partial charge in [0.2, 0.25) is 5.91 Å². The number of carbonyl (C=O) groups excluding carboxylic acids is 1. The van der Waals surface area contributed by atoms with Crippen LogP contribution in [-0.4, -0.2) is 13.0 Å². The van der Waals surface area contributed by atoms with E-state index in [1.807, 2.05) is 6.92 Å². The molecule has 0 spiro atoms. The van der Waals surface area contributed by atoms with Crippen molar-refractivity contribution in [1.29, 1.82) is 0 Å². The summed E-state index contributed by atoms with van der Waals surface area (Å²) in [4.78, 5) is 11.2. The number of hydrogen-bond donors (Lipinski definition) is 1. The molecule has 1 aromatic carbocycles. The second-order valence-corrected chi connectivity index (χ2v) is 3.44. The minimum atomic E-state index is -0.972.